The number of rotatable bonds is 6. The SMILES string of the molecule is CC(C)[Si](C(C)C)(C(C)C)n1ccc(/C=C/C(=O)O)c1. The van der Waals surface area contributed by atoms with E-state index in [1.807, 2.05) is 6.07 Å². The summed E-state index contributed by atoms with van der Waals surface area (Å²) in [5.41, 5.74) is 2.86. The summed E-state index contributed by atoms with van der Waals surface area (Å²) < 4.78 is 2.41. The molecule has 1 heterocycles. The Labute approximate surface area is 123 Å². The van der Waals surface area contributed by atoms with Gasteiger partial charge in [-0.25, -0.2) is 4.79 Å². The Kier molecular flexibility index (Phi) is 5.40. The maximum Gasteiger partial charge on any atom is 0.328 e. The molecule has 0 aliphatic heterocycles. The minimum absolute atomic E-state index is 0.631. The van der Waals surface area contributed by atoms with Gasteiger partial charge in [-0.3, -0.25) is 0 Å². The summed E-state index contributed by atoms with van der Waals surface area (Å²) in [4.78, 5) is 10.6. The third-order valence-electron chi connectivity index (χ3n) is 4.36. The van der Waals surface area contributed by atoms with Crippen molar-refractivity contribution in [1.29, 1.82) is 0 Å². The third kappa shape index (κ3) is 3.06. The van der Waals surface area contributed by atoms with Crippen LogP contribution in [0.1, 0.15) is 47.1 Å². The molecule has 0 saturated carbocycles. The molecule has 0 unspecified atom stereocenters. The van der Waals surface area contributed by atoms with Crippen molar-refractivity contribution in [3.05, 3.63) is 30.1 Å². The van der Waals surface area contributed by atoms with Gasteiger partial charge in [0.05, 0.1) is 0 Å². The molecule has 0 spiro atoms. The lowest BCUT2D eigenvalue weighted by atomic mass is 10.3. The van der Waals surface area contributed by atoms with Crippen LogP contribution >= 0.6 is 0 Å². The molecule has 0 aliphatic carbocycles. The summed E-state index contributed by atoms with van der Waals surface area (Å²) in [6.45, 7) is 13.9. The van der Waals surface area contributed by atoms with Gasteiger partial charge in [-0.15, -0.1) is 0 Å². The highest BCUT2D eigenvalue weighted by Gasteiger charge is 2.44. The zero-order valence-corrected chi connectivity index (χ0v) is 14.4. The lowest BCUT2D eigenvalue weighted by Crippen LogP contribution is -2.51. The smallest absolute Gasteiger partial charge is 0.328 e. The average molecular weight is 293 g/mol. The predicted octanol–water partition coefficient (Wildman–Crippen LogP) is 4.61. The molecule has 0 saturated heterocycles. The first-order chi connectivity index (χ1) is 9.22. The normalized spacial score (nSPS) is 13.1. The molecule has 0 amide bonds. The zero-order valence-electron chi connectivity index (χ0n) is 13.4. The van der Waals surface area contributed by atoms with Crippen molar-refractivity contribution in [2.75, 3.05) is 0 Å². The van der Waals surface area contributed by atoms with Gasteiger partial charge in [0.2, 0.25) is 0 Å². The molecule has 0 radical (unpaired) electrons. The Bertz CT molecular complexity index is 465. The Morgan fingerprint density at radius 3 is 2.05 bits per heavy atom. The summed E-state index contributed by atoms with van der Waals surface area (Å²) in [6.07, 6.45) is 7.11. The number of hydrogen-bond donors (Lipinski definition) is 1. The van der Waals surface area contributed by atoms with E-state index in [0.29, 0.717) is 16.6 Å². The van der Waals surface area contributed by atoms with Crippen LogP contribution < -0.4 is 0 Å². The number of aromatic nitrogens is 1. The third-order valence-corrected chi connectivity index (χ3v) is 11.1. The molecule has 1 aromatic heterocycles. The van der Waals surface area contributed by atoms with Gasteiger partial charge in [-0.1, -0.05) is 41.5 Å². The summed E-state index contributed by atoms with van der Waals surface area (Å²) in [6, 6.07) is 2.01. The maximum absolute atomic E-state index is 10.6. The Hall–Kier alpha value is -1.29. The van der Waals surface area contributed by atoms with Crippen molar-refractivity contribution in [3.63, 3.8) is 0 Å². The van der Waals surface area contributed by atoms with Crippen molar-refractivity contribution in [3.8, 4) is 0 Å². The minimum Gasteiger partial charge on any atom is -0.478 e. The van der Waals surface area contributed by atoms with Gasteiger partial charge in [0.25, 0.3) is 0 Å². The summed E-state index contributed by atoms with van der Waals surface area (Å²) in [7, 11) is -1.70. The fourth-order valence-electron chi connectivity index (χ4n) is 3.81. The molecule has 20 heavy (non-hydrogen) atoms. The molecule has 0 bridgehead atoms. The number of aliphatic carboxylic acids is 1. The molecule has 1 rings (SSSR count). The molecule has 0 fully saturated rings. The average Bonchev–Trinajstić information content (AvgIpc) is 2.74. The van der Waals surface area contributed by atoms with Gasteiger partial charge >= 0.3 is 5.97 Å². The molecular weight excluding hydrogens is 266 g/mol. The molecule has 1 aromatic rings. The lowest BCUT2D eigenvalue weighted by Gasteiger charge is -2.44. The molecule has 0 atom stereocenters. The second kappa shape index (κ2) is 6.44. The molecular formula is C16H27NO2Si. The van der Waals surface area contributed by atoms with Crippen LogP contribution in [0.2, 0.25) is 16.6 Å². The van der Waals surface area contributed by atoms with E-state index in [1.165, 1.54) is 6.08 Å². The standard InChI is InChI=1S/C16H27NO2Si/c1-12(2)20(13(3)4,14(5)6)17-10-9-15(11-17)7-8-16(18)19/h7-14H,1-6H3,(H,18,19)/b8-7+. The first kappa shape index (κ1) is 16.8. The topological polar surface area (TPSA) is 42.2 Å². The largest absolute Gasteiger partial charge is 0.478 e. The van der Waals surface area contributed by atoms with Gasteiger partial charge in [0, 0.05) is 12.3 Å². The first-order valence-corrected chi connectivity index (χ1v) is 9.50. The fraction of sp³-hybridized carbons (Fsp3) is 0.562. The van der Waals surface area contributed by atoms with E-state index in [9.17, 15) is 4.79 Å². The zero-order chi connectivity index (χ0) is 15.5. The van der Waals surface area contributed by atoms with E-state index in [0.717, 1.165) is 5.56 Å². The minimum atomic E-state index is -1.70. The van der Waals surface area contributed by atoms with Crippen molar-refractivity contribution < 1.29 is 9.90 Å². The Balaban J connectivity index is 3.26. The number of carbonyl (C=O) groups is 1. The van der Waals surface area contributed by atoms with E-state index in [1.54, 1.807) is 6.08 Å². The summed E-state index contributed by atoms with van der Waals surface area (Å²) in [5, 5.41) is 8.72. The van der Waals surface area contributed by atoms with E-state index >= 15 is 0 Å². The lowest BCUT2D eigenvalue weighted by molar-refractivity contribution is -0.131. The van der Waals surface area contributed by atoms with Crippen LogP contribution in [0.25, 0.3) is 6.08 Å². The second-order valence-electron chi connectivity index (χ2n) is 6.38. The maximum atomic E-state index is 10.6. The first-order valence-electron chi connectivity index (χ1n) is 7.32. The van der Waals surface area contributed by atoms with Gasteiger partial charge in [0.15, 0.2) is 8.24 Å². The van der Waals surface area contributed by atoms with Crippen molar-refractivity contribution in [2.45, 2.75) is 58.2 Å². The monoisotopic (exact) mass is 293 g/mol. The van der Waals surface area contributed by atoms with Crippen LogP contribution in [-0.4, -0.2) is 23.5 Å². The molecule has 0 aliphatic rings. The van der Waals surface area contributed by atoms with Crippen molar-refractivity contribution >= 4 is 20.3 Å². The molecule has 4 heteroatoms. The van der Waals surface area contributed by atoms with Crippen molar-refractivity contribution in [1.82, 2.24) is 4.23 Å². The predicted molar refractivity (Wildman–Crippen MR) is 87.5 cm³/mol. The van der Waals surface area contributed by atoms with E-state index in [4.69, 9.17) is 5.11 Å². The van der Waals surface area contributed by atoms with Crippen LogP contribution in [0.5, 0.6) is 0 Å². The van der Waals surface area contributed by atoms with E-state index in [-0.39, 0.29) is 0 Å². The Morgan fingerprint density at radius 1 is 1.15 bits per heavy atom. The number of nitrogens with zero attached hydrogens (tertiary/aromatic N) is 1. The van der Waals surface area contributed by atoms with Crippen LogP contribution in [-0.2, 0) is 4.79 Å². The molecule has 112 valence electrons. The highest BCUT2D eigenvalue weighted by atomic mass is 28.3. The number of carboxylic acid groups (broad SMARTS) is 1. The van der Waals surface area contributed by atoms with Crippen LogP contribution in [0.4, 0.5) is 0 Å². The highest BCUT2D eigenvalue weighted by molar-refractivity contribution is 6.82. The van der Waals surface area contributed by atoms with Crippen LogP contribution in [0.3, 0.4) is 0 Å². The van der Waals surface area contributed by atoms with E-state index < -0.39 is 14.2 Å². The number of hydrogen-bond acceptors (Lipinski definition) is 1. The van der Waals surface area contributed by atoms with Crippen LogP contribution in [0, 0.1) is 0 Å². The highest BCUT2D eigenvalue weighted by Crippen LogP contribution is 2.42. The van der Waals surface area contributed by atoms with Gasteiger partial charge in [-0.2, -0.15) is 0 Å². The summed E-state index contributed by atoms with van der Waals surface area (Å²) in [5.74, 6) is -0.905. The number of carboxylic acids is 1. The molecule has 3 nitrogen and oxygen atoms in total. The van der Waals surface area contributed by atoms with Crippen molar-refractivity contribution in [2.24, 2.45) is 0 Å². The van der Waals surface area contributed by atoms with Gasteiger partial charge in [0.1, 0.15) is 0 Å². The molecule has 1 N–H and O–H groups in total. The fourth-order valence-corrected chi connectivity index (χ4v) is 10.3. The molecule has 0 aromatic carbocycles. The Morgan fingerprint density at radius 2 is 1.65 bits per heavy atom. The van der Waals surface area contributed by atoms with Gasteiger partial charge < -0.3 is 9.34 Å². The summed E-state index contributed by atoms with van der Waals surface area (Å²) >= 11 is 0. The van der Waals surface area contributed by atoms with E-state index in [2.05, 4.69) is 58.2 Å². The second-order valence-corrected chi connectivity index (χ2v) is 12.1. The van der Waals surface area contributed by atoms with Crippen LogP contribution in [0.15, 0.2) is 24.5 Å². The quantitative estimate of drug-likeness (QED) is 0.615. The van der Waals surface area contributed by atoms with Gasteiger partial charge in [-0.05, 0) is 40.5 Å².